The third-order valence-corrected chi connectivity index (χ3v) is 6.96. The zero-order chi connectivity index (χ0) is 25.4. The van der Waals surface area contributed by atoms with Crippen molar-refractivity contribution < 1.29 is 19.6 Å². The fourth-order valence-corrected chi connectivity index (χ4v) is 5.06. The number of nitrogens with one attached hydrogen (secondary N) is 3. The number of carbonyl (C=O) groups is 3. The highest BCUT2D eigenvalue weighted by Crippen LogP contribution is 2.29. The van der Waals surface area contributed by atoms with E-state index in [1.165, 1.54) is 11.3 Å². The zero-order valence-corrected chi connectivity index (χ0v) is 21.3. The lowest BCUT2D eigenvalue weighted by atomic mass is 9.85. The van der Waals surface area contributed by atoms with E-state index in [0.717, 1.165) is 57.3 Å². The Morgan fingerprint density at radius 3 is 2.34 bits per heavy atom. The van der Waals surface area contributed by atoms with E-state index in [-0.39, 0.29) is 12.5 Å². The van der Waals surface area contributed by atoms with E-state index in [9.17, 15) is 14.4 Å². The zero-order valence-electron chi connectivity index (χ0n) is 21.3. The van der Waals surface area contributed by atoms with Gasteiger partial charge in [0.25, 0.3) is 5.91 Å². The minimum absolute atomic E-state index is 0.250. The van der Waals surface area contributed by atoms with Crippen LogP contribution in [0.2, 0.25) is 0 Å². The number of piperidine rings is 1. The minimum Gasteiger partial charge on any atom is -0.370 e. The van der Waals surface area contributed by atoms with E-state index < -0.39 is 23.4 Å². The number of hydroxylamine groups is 1. The summed E-state index contributed by atoms with van der Waals surface area (Å²) in [6.07, 6.45) is 7.70. The Labute approximate surface area is 208 Å². The lowest BCUT2D eigenvalue weighted by molar-refractivity contribution is -0.142. The molecule has 2 fully saturated rings. The van der Waals surface area contributed by atoms with Gasteiger partial charge in [-0.3, -0.25) is 14.8 Å². The van der Waals surface area contributed by atoms with Gasteiger partial charge in [0.05, 0.1) is 11.4 Å². The molecule has 1 heterocycles. The Hall–Kier alpha value is -2.81. The molecular weight excluding hydrogens is 446 g/mol. The first-order valence-electron chi connectivity index (χ1n) is 12.8. The van der Waals surface area contributed by atoms with Crippen molar-refractivity contribution in [2.75, 3.05) is 36.4 Å². The van der Waals surface area contributed by atoms with E-state index in [1.54, 1.807) is 5.48 Å². The van der Waals surface area contributed by atoms with Crippen molar-refractivity contribution in [3.8, 4) is 0 Å². The van der Waals surface area contributed by atoms with Crippen molar-refractivity contribution in [1.29, 1.82) is 0 Å². The number of para-hydroxylation sites is 2. The molecule has 3 rings (SSSR count). The summed E-state index contributed by atoms with van der Waals surface area (Å²) in [6.45, 7) is 7.74. The van der Waals surface area contributed by atoms with E-state index in [2.05, 4.69) is 15.5 Å². The maximum absolute atomic E-state index is 13.6. The highest BCUT2D eigenvalue weighted by Gasteiger charge is 2.37. The van der Waals surface area contributed by atoms with Gasteiger partial charge < -0.3 is 20.4 Å². The molecule has 1 aromatic rings. The van der Waals surface area contributed by atoms with Gasteiger partial charge in [0, 0.05) is 19.6 Å². The fourth-order valence-electron chi connectivity index (χ4n) is 5.06. The molecule has 9 nitrogen and oxygen atoms in total. The number of anilines is 2. The molecule has 194 valence electrons. The highest BCUT2D eigenvalue weighted by molar-refractivity contribution is 5.97. The Bertz CT molecular complexity index is 873. The molecule has 9 heteroatoms. The number of hydrogen-bond acceptors (Lipinski definition) is 5. The van der Waals surface area contributed by atoms with Crippen molar-refractivity contribution in [2.24, 2.45) is 11.3 Å². The first kappa shape index (κ1) is 26.8. The molecule has 1 aliphatic heterocycles. The topological polar surface area (TPSA) is 114 Å². The molecule has 35 heavy (non-hydrogen) atoms. The molecular formula is C26H41N5O4. The second kappa shape index (κ2) is 12.2. The lowest BCUT2D eigenvalue weighted by Gasteiger charge is -2.36. The molecule has 0 spiro atoms. The monoisotopic (exact) mass is 487 g/mol. The Morgan fingerprint density at radius 1 is 1.06 bits per heavy atom. The average Bonchev–Trinajstić information content (AvgIpc) is 3.35. The first-order chi connectivity index (χ1) is 16.7. The maximum atomic E-state index is 13.6. The molecule has 1 unspecified atom stereocenters. The van der Waals surface area contributed by atoms with Gasteiger partial charge in [0.1, 0.15) is 12.6 Å². The quantitative estimate of drug-likeness (QED) is 0.330. The van der Waals surface area contributed by atoms with E-state index in [4.69, 9.17) is 5.21 Å². The van der Waals surface area contributed by atoms with E-state index >= 15 is 0 Å². The van der Waals surface area contributed by atoms with E-state index in [0.29, 0.717) is 18.2 Å². The Morgan fingerprint density at radius 2 is 1.71 bits per heavy atom. The first-order valence-corrected chi connectivity index (χ1v) is 12.8. The Kier molecular flexibility index (Phi) is 9.37. The summed E-state index contributed by atoms with van der Waals surface area (Å²) in [5.41, 5.74) is 2.71. The summed E-state index contributed by atoms with van der Waals surface area (Å²) in [5.74, 6) is -0.660. The van der Waals surface area contributed by atoms with Crippen LogP contribution in [0.3, 0.4) is 0 Å². The molecule has 1 saturated heterocycles. The summed E-state index contributed by atoms with van der Waals surface area (Å²) in [7, 11) is 0. The van der Waals surface area contributed by atoms with Gasteiger partial charge in [-0.1, -0.05) is 45.7 Å². The molecule has 1 aliphatic carbocycles. The van der Waals surface area contributed by atoms with Crippen LogP contribution in [-0.4, -0.2) is 60.2 Å². The van der Waals surface area contributed by atoms with Crippen molar-refractivity contribution in [2.45, 2.75) is 71.8 Å². The van der Waals surface area contributed by atoms with Gasteiger partial charge >= 0.3 is 6.03 Å². The van der Waals surface area contributed by atoms with Crippen LogP contribution >= 0.6 is 0 Å². The number of nitrogens with zero attached hydrogens (tertiary/aromatic N) is 2. The van der Waals surface area contributed by atoms with Gasteiger partial charge in [0.2, 0.25) is 5.91 Å². The van der Waals surface area contributed by atoms with Crippen LogP contribution in [0.15, 0.2) is 24.3 Å². The Balaban J connectivity index is 1.74. The SMILES string of the molecule is CC(C)(C)C(NC(=O)Nc1ccccc1N1CCCCC1)C(=O)N(CC(=O)NO)CC1CCCC1. The van der Waals surface area contributed by atoms with Gasteiger partial charge in [-0.05, 0) is 55.6 Å². The average molecular weight is 488 g/mol. The molecule has 0 radical (unpaired) electrons. The van der Waals surface area contributed by atoms with Gasteiger partial charge in [0.15, 0.2) is 0 Å². The number of urea groups is 1. The second-order valence-electron chi connectivity index (χ2n) is 10.9. The van der Waals surface area contributed by atoms with Crippen molar-refractivity contribution >= 4 is 29.2 Å². The predicted octanol–water partition coefficient (Wildman–Crippen LogP) is 3.74. The molecule has 2 aliphatic rings. The van der Waals surface area contributed by atoms with Gasteiger partial charge in [-0.2, -0.15) is 0 Å². The smallest absolute Gasteiger partial charge is 0.319 e. The molecule has 1 atom stereocenters. The minimum atomic E-state index is -0.849. The third kappa shape index (κ3) is 7.59. The normalized spacial score (nSPS) is 17.5. The van der Waals surface area contributed by atoms with Crippen LogP contribution in [0.4, 0.5) is 16.2 Å². The summed E-state index contributed by atoms with van der Waals surface area (Å²) in [6, 6.07) is 6.40. The number of hydrogen-bond donors (Lipinski definition) is 4. The van der Waals surface area contributed by atoms with E-state index in [1.807, 2.05) is 45.0 Å². The van der Waals surface area contributed by atoms with Crippen LogP contribution in [0.25, 0.3) is 0 Å². The summed E-state index contributed by atoms with van der Waals surface area (Å²) < 4.78 is 0. The molecule has 4 N–H and O–H groups in total. The summed E-state index contributed by atoms with van der Waals surface area (Å²) >= 11 is 0. The molecule has 0 bridgehead atoms. The van der Waals surface area contributed by atoms with Gasteiger partial charge in [-0.25, -0.2) is 10.3 Å². The van der Waals surface area contributed by atoms with Crippen molar-refractivity contribution in [1.82, 2.24) is 15.7 Å². The van der Waals surface area contributed by atoms with Gasteiger partial charge in [-0.15, -0.1) is 0 Å². The summed E-state index contributed by atoms with van der Waals surface area (Å²) in [4.78, 5) is 42.5. The number of rotatable bonds is 8. The summed E-state index contributed by atoms with van der Waals surface area (Å²) in [5, 5.41) is 14.9. The van der Waals surface area contributed by atoms with Crippen molar-refractivity contribution in [3.63, 3.8) is 0 Å². The molecule has 4 amide bonds. The van der Waals surface area contributed by atoms with Crippen LogP contribution in [-0.2, 0) is 9.59 Å². The molecule has 1 aromatic carbocycles. The largest absolute Gasteiger partial charge is 0.370 e. The number of benzene rings is 1. The predicted molar refractivity (Wildman–Crippen MR) is 136 cm³/mol. The number of amides is 4. The van der Waals surface area contributed by atoms with Crippen LogP contribution < -0.4 is 21.0 Å². The van der Waals surface area contributed by atoms with Crippen LogP contribution in [0, 0.1) is 11.3 Å². The van der Waals surface area contributed by atoms with Crippen LogP contribution in [0.1, 0.15) is 65.7 Å². The highest BCUT2D eigenvalue weighted by atomic mass is 16.5. The van der Waals surface area contributed by atoms with Crippen LogP contribution in [0.5, 0.6) is 0 Å². The number of carbonyl (C=O) groups excluding carboxylic acids is 3. The molecule has 1 saturated carbocycles. The standard InChI is InChI=1S/C26H41N5O4/c1-26(2,3)23(24(33)31(18-22(32)29-35)17-19-11-5-6-12-19)28-25(34)27-20-13-7-8-14-21(20)30-15-9-4-10-16-30/h7-8,13-14,19,23,35H,4-6,9-12,15-18H2,1-3H3,(H,29,32)(H2,27,28,34). The lowest BCUT2D eigenvalue weighted by Crippen LogP contribution is -2.57. The third-order valence-electron chi connectivity index (χ3n) is 6.96. The van der Waals surface area contributed by atoms with Crippen molar-refractivity contribution in [3.05, 3.63) is 24.3 Å². The maximum Gasteiger partial charge on any atom is 0.319 e. The molecule has 0 aromatic heterocycles. The second-order valence-corrected chi connectivity index (χ2v) is 10.9. The fraction of sp³-hybridized carbons (Fsp3) is 0.654.